The van der Waals surface area contributed by atoms with Crippen LogP contribution in [0.2, 0.25) is 0 Å². The maximum atomic E-state index is 13.3. The molecule has 1 aliphatic carbocycles. The largest absolute Gasteiger partial charge is 0.346 e. The monoisotopic (exact) mass is 289 g/mol. The Morgan fingerprint density at radius 1 is 1.44 bits per heavy atom. The first kappa shape index (κ1) is 11.5. The van der Waals surface area contributed by atoms with E-state index in [9.17, 15) is 13.6 Å². The van der Waals surface area contributed by atoms with Crippen LogP contribution in [0.15, 0.2) is 18.2 Å². The van der Waals surface area contributed by atoms with E-state index in [2.05, 4.69) is 21.2 Å². The molecule has 1 amide bonds. The van der Waals surface area contributed by atoms with E-state index in [1.54, 1.807) is 0 Å². The molecule has 0 spiro atoms. The van der Waals surface area contributed by atoms with Crippen molar-refractivity contribution in [2.24, 2.45) is 0 Å². The van der Waals surface area contributed by atoms with E-state index in [4.69, 9.17) is 0 Å². The highest BCUT2D eigenvalue weighted by Gasteiger charge is 2.43. The van der Waals surface area contributed by atoms with Gasteiger partial charge in [-0.2, -0.15) is 0 Å². The highest BCUT2D eigenvalue weighted by Crippen LogP contribution is 2.37. The van der Waals surface area contributed by atoms with Crippen LogP contribution in [0.5, 0.6) is 0 Å². The van der Waals surface area contributed by atoms with Crippen molar-refractivity contribution in [3.63, 3.8) is 0 Å². The zero-order valence-corrected chi connectivity index (χ0v) is 9.98. The predicted molar refractivity (Wildman–Crippen MR) is 59.6 cm³/mol. The van der Waals surface area contributed by atoms with Crippen LogP contribution in [-0.2, 0) is 0 Å². The number of nitrogens with one attached hydrogen (secondary N) is 1. The molecule has 0 bridgehead atoms. The molecule has 0 atom stereocenters. The quantitative estimate of drug-likeness (QED) is 0.852. The Hall–Kier alpha value is -0.970. The molecule has 2 rings (SSSR count). The SMILES string of the molecule is O=C(NC1(CBr)CC1)c1cccc(F)c1F. The number of carbonyl (C=O) groups is 1. The molecule has 1 N–H and O–H groups in total. The van der Waals surface area contributed by atoms with Crippen molar-refractivity contribution in [1.82, 2.24) is 5.32 Å². The van der Waals surface area contributed by atoms with E-state index in [1.807, 2.05) is 0 Å². The van der Waals surface area contributed by atoms with Gasteiger partial charge < -0.3 is 5.32 Å². The summed E-state index contributed by atoms with van der Waals surface area (Å²) >= 11 is 3.28. The van der Waals surface area contributed by atoms with Crippen molar-refractivity contribution >= 4 is 21.8 Å². The number of rotatable bonds is 3. The third kappa shape index (κ3) is 2.09. The Balaban J connectivity index is 2.18. The summed E-state index contributed by atoms with van der Waals surface area (Å²) in [6.45, 7) is 0. The van der Waals surface area contributed by atoms with Gasteiger partial charge in [0.15, 0.2) is 11.6 Å². The molecule has 0 aromatic heterocycles. The molecule has 86 valence electrons. The zero-order valence-electron chi connectivity index (χ0n) is 8.40. The predicted octanol–water partition coefficient (Wildman–Crippen LogP) is 2.62. The summed E-state index contributed by atoms with van der Waals surface area (Å²) in [5.74, 6) is -2.66. The lowest BCUT2D eigenvalue weighted by Gasteiger charge is -2.14. The number of halogens is 3. The van der Waals surface area contributed by atoms with Gasteiger partial charge in [0, 0.05) is 5.33 Å². The number of alkyl halides is 1. The first-order valence-electron chi connectivity index (χ1n) is 4.90. The minimum Gasteiger partial charge on any atom is -0.346 e. The van der Waals surface area contributed by atoms with Crippen molar-refractivity contribution in [2.45, 2.75) is 18.4 Å². The molecular weight excluding hydrogens is 280 g/mol. The molecule has 1 aromatic rings. The van der Waals surface area contributed by atoms with Gasteiger partial charge in [-0.15, -0.1) is 0 Å². The van der Waals surface area contributed by atoms with Crippen molar-refractivity contribution in [1.29, 1.82) is 0 Å². The molecule has 1 aliphatic rings. The van der Waals surface area contributed by atoms with Crippen LogP contribution in [0.25, 0.3) is 0 Å². The second-order valence-corrected chi connectivity index (χ2v) is 4.53. The third-order valence-corrected chi connectivity index (χ3v) is 3.76. The molecule has 5 heteroatoms. The summed E-state index contributed by atoms with van der Waals surface area (Å²) in [4.78, 5) is 11.7. The molecule has 2 nitrogen and oxygen atoms in total. The fourth-order valence-corrected chi connectivity index (χ4v) is 2.13. The number of hydrogen-bond donors (Lipinski definition) is 1. The molecule has 16 heavy (non-hydrogen) atoms. The molecule has 1 aromatic carbocycles. The maximum absolute atomic E-state index is 13.3. The van der Waals surface area contributed by atoms with Crippen molar-refractivity contribution in [2.75, 3.05) is 5.33 Å². The summed E-state index contributed by atoms with van der Waals surface area (Å²) in [5, 5.41) is 3.34. The topological polar surface area (TPSA) is 29.1 Å². The Kier molecular flexibility index (Phi) is 2.97. The van der Waals surface area contributed by atoms with Crippen LogP contribution in [-0.4, -0.2) is 16.8 Å². The fourth-order valence-electron chi connectivity index (χ4n) is 1.43. The molecule has 0 saturated heterocycles. The fraction of sp³-hybridized carbons (Fsp3) is 0.364. The van der Waals surface area contributed by atoms with Crippen LogP contribution in [0.4, 0.5) is 8.78 Å². The minimum absolute atomic E-state index is 0.243. The Labute approximate surface area is 100 Å². The standard InChI is InChI=1S/C11H10BrF2NO/c12-6-11(4-5-11)15-10(16)7-2-1-3-8(13)9(7)14/h1-3H,4-6H2,(H,15,16). The van der Waals surface area contributed by atoms with Gasteiger partial charge in [-0.05, 0) is 25.0 Å². The van der Waals surface area contributed by atoms with Gasteiger partial charge in [0.05, 0.1) is 11.1 Å². The molecule has 0 radical (unpaired) electrons. The van der Waals surface area contributed by atoms with Crippen molar-refractivity contribution in [3.8, 4) is 0 Å². The lowest BCUT2D eigenvalue weighted by Crippen LogP contribution is -2.38. The van der Waals surface area contributed by atoms with Gasteiger partial charge in [-0.1, -0.05) is 22.0 Å². The Morgan fingerprint density at radius 2 is 2.12 bits per heavy atom. The van der Waals surface area contributed by atoms with Crippen molar-refractivity contribution in [3.05, 3.63) is 35.4 Å². The summed E-state index contributed by atoms with van der Waals surface area (Å²) in [7, 11) is 0. The van der Waals surface area contributed by atoms with E-state index in [0.29, 0.717) is 5.33 Å². The Bertz CT molecular complexity index is 432. The van der Waals surface area contributed by atoms with Gasteiger partial charge in [-0.25, -0.2) is 8.78 Å². The van der Waals surface area contributed by atoms with E-state index in [1.165, 1.54) is 12.1 Å². The van der Waals surface area contributed by atoms with E-state index >= 15 is 0 Å². The Morgan fingerprint density at radius 3 is 2.69 bits per heavy atom. The van der Waals surface area contributed by atoms with Crippen LogP contribution < -0.4 is 5.32 Å². The molecule has 1 fully saturated rings. The third-order valence-electron chi connectivity index (χ3n) is 2.68. The first-order valence-corrected chi connectivity index (χ1v) is 6.03. The summed E-state index contributed by atoms with van der Waals surface area (Å²) in [5.41, 5.74) is -0.511. The van der Waals surface area contributed by atoms with Crippen LogP contribution >= 0.6 is 15.9 Å². The van der Waals surface area contributed by atoms with Gasteiger partial charge >= 0.3 is 0 Å². The second-order valence-electron chi connectivity index (χ2n) is 3.97. The highest BCUT2D eigenvalue weighted by atomic mass is 79.9. The molecule has 0 aliphatic heterocycles. The lowest BCUT2D eigenvalue weighted by molar-refractivity contribution is 0.0931. The summed E-state index contributed by atoms with van der Waals surface area (Å²) in [6.07, 6.45) is 1.72. The van der Waals surface area contributed by atoms with Gasteiger partial charge in [-0.3, -0.25) is 4.79 Å². The number of hydrogen-bond acceptors (Lipinski definition) is 1. The molecule has 1 saturated carbocycles. The van der Waals surface area contributed by atoms with Gasteiger partial charge in [0.2, 0.25) is 0 Å². The summed E-state index contributed by atoms with van der Waals surface area (Å²) < 4.78 is 26.2. The van der Waals surface area contributed by atoms with Crippen LogP contribution in [0.3, 0.4) is 0 Å². The molecular formula is C11H10BrF2NO. The van der Waals surface area contributed by atoms with Gasteiger partial charge in [0.25, 0.3) is 5.91 Å². The average Bonchev–Trinajstić information content (AvgIpc) is 3.02. The lowest BCUT2D eigenvalue weighted by atomic mass is 10.1. The maximum Gasteiger partial charge on any atom is 0.254 e. The smallest absolute Gasteiger partial charge is 0.254 e. The number of amides is 1. The second kappa shape index (κ2) is 4.13. The normalized spacial score (nSPS) is 16.9. The molecule has 0 heterocycles. The van der Waals surface area contributed by atoms with E-state index in [0.717, 1.165) is 18.9 Å². The van der Waals surface area contributed by atoms with E-state index < -0.39 is 17.5 Å². The zero-order chi connectivity index (χ0) is 11.8. The number of carbonyl (C=O) groups excluding carboxylic acids is 1. The number of benzene rings is 1. The molecule has 0 unspecified atom stereocenters. The van der Waals surface area contributed by atoms with Crippen LogP contribution in [0.1, 0.15) is 23.2 Å². The minimum atomic E-state index is -1.09. The highest BCUT2D eigenvalue weighted by molar-refractivity contribution is 9.09. The van der Waals surface area contributed by atoms with Crippen molar-refractivity contribution < 1.29 is 13.6 Å². The van der Waals surface area contributed by atoms with Gasteiger partial charge in [0.1, 0.15) is 0 Å². The first-order chi connectivity index (χ1) is 7.58. The summed E-state index contributed by atoms with van der Waals surface area (Å²) in [6, 6.07) is 3.59. The van der Waals surface area contributed by atoms with Crippen LogP contribution in [0, 0.1) is 11.6 Å². The van der Waals surface area contributed by atoms with E-state index in [-0.39, 0.29) is 11.1 Å². The average molecular weight is 290 g/mol.